The highest BCUT2D eigenvalue weighted by atomic mass is 16.5. The number of aromatic nitrogens is 4. The summed E-state index contributed by atoms with van der Waals surface area (Å²) in [5.74, 6) is 0.855. The van der Waals surface area contributed by atoms with E-state index in [2.05, 4.69) is 49.3 Å². The average molecular weight is 843 g/mol. The Bertz CT molecular complexity index is 2310. The summed E-state index contributed by atoms with van der Waals surface area (Å²) in [7, 11) is 2.81. The van der Waals surface area contributed by atoms with Crippen molar-refractivity contribution in [3.8, 4) is 33.6 Å². The molecule has 14 nitrogen and oxygen atoms in total. The number of ether oxygens (including phenoxy) is 2. The number of H-pyrrole nitrogens is 2. The summed E-state index contributed by atoms with van der Waals surface area (Å²) in [5, 5.41) is 5.69. The third kappa shape index (κ3) is 11.2. The van der Waals surface area contributed by atoms with Gasteiger partial charge in [0.15, 0.2) is 0 Å². The van der Waals surface area contributed by atoms with Crippen LogP contribution in [0.15, 0.2) is 104 Å². The first kappa shape index (κ1) is 44.8. The van der Waals surface area contributed by atoms with Crippen LogP contribution < -0.4 is 10.6 Å². The number of alkyl carbamates (subject to hydrolysis) is 1. The van der Waals surface area contributed by atoms with Crippen LogP contribution >= 0.6 is 0 Å². The summed E-state index contributed by atoms with van der Waals surface area (Å²) >= 11 is 0. The fourth-order valence-electron chi connectivity index (χ4n) is 7.19. The number of nitrogens with zero attached hydrogens (tertiary/aromatic N) is 4. The van der Waals surface area contributed by atoms with E-state index in [-0.39, 0.29) is 54.6 Å². The van der Waals surface area contributed by atoms with Gasteiger partial charge in [-0.15, -0.1) is 0 Å². The van der Waals surface area contributed by atoms with Crippen LogP contribution in [0.5, 0.6) is 0 Å². The van der Waals surface area contributed by atoms with Crippen LogP contribution in [0.4, 0.5) is 4.79 Å². The lowest BCUT2D eigenvalue weighted by Crippen LogP contribution is -2.52. The van der Waals surface area contributed by atoms with E-state index in [0.717, 1.165) is 52.0 Å². The van der Waals surface area contributed by atoms with Crippen LogP contribution in [0.25, 0.3) is 33.6 Å². The zero-order valence-corrected chi connectivity index (χ0v) is 36.6. The van der Waals surface area contributed by atoms with Gasteiger partial charge in [-0.25, -0.2) is 14.8 Å². The highest BCUT2D eigenvalue weighted by Gasteiger charge is 2.36. The van der Waals surface area contributed by atoms with Gasteiger partial charge in [-0.05, 0) is 60.4 Å². The first-order valence-electron chi connectivity index (χ1n) is 21.1. The molecule has 62 heavy (non-hydrogen) atoms. The molecule has 0 radical (unpaired) electrons. The van der Waals surface area contributed by atoms with Crippen molar-refractivity contribution >= 4 is 23.8 Å². The van der Waals surface area contributed by atoms with Gasteiger partial charge < -0.3 is 39.9 Å². The topological polar surface area (TPSA) is 175 Å². The molecule has 0 saturated heterocycles. The summed E-state index contributed by atoms with van der Waals surface area (Å²) in [5.41, 5.74) is 6.30. The van der Waals surface area contributed by atoms with E-state index >= 15 is 0 Å². The Balaban J connectivity index is 1.11. The number of rotatable bonds is 19. The Morgan fingerprint density at radius 3 is 1.74 bits per heavy atom. The Morgan fingerprint density at radius 1 is 0.726 bits per heavy atom. The Labute approximate surface area is 363 Å². The van der Waals surface area contributed by atoms with Crippen LogP contribution in [-0.4, -0.2) is 86.4 Å². The lowest BCUT2D eigenvalue weighted by molar-refractivity contribution is -0.139. The predicted octanol–water partition coefficient (Wildman–Crippen LogP) is 7.64. The molecule has 3 aromatic carbocycles. The molecule has 0 spiro atoms. The van der Waals surface area contributed by atoms with E-state index in [1.807, 2.05) is 101 Å². The average Bonchev–Trinajstić information content (AvgIpc) is 3.86. The van der Waals surface area contributed by atoms with Gasteiger partial charge in [0, 0.05) is 24.4 Å². The van der Waals surface area contributed by atoms with Gasteiger partial charge >= 0.3 is 6.09 Å². The second kappa shape index (κ2) is 20.2. The van der Waals surface area contributed by atoms with Crippen molar-refractivity contribution in [2.75, 3.05) is 20.8 Å². The van der Waals surface area contributed by atoms with Crippen molar-refractivity contribution in [3.05, 3.63) is 121 Å². The molecule has 0 bridgehead atoms. The molecule has 6 rings (SSSR count). The van der Waals surface area contributed by atoms with Crippen LogP contribution in [0.3, 0.4) is 0 Å². The SMILES string of the molecule is C=C(OC)C(C)CN(Cc1ncc(-c2ccc(-c3ccc(-c4cnc(CN(C(=O)C(NC(=O)C5CC5)c5ccccc5)C(C)C)[nH]4)cc3)cc2)[nH]1)C(=O)C(NC(=O)OC)C(C)C. The number of benzene rings is 3. The van der Waals surface area contributed by atoms with E-state index in [1.165, 1.54) is 7.11 Å². The monoisotopic (exact) mass is 842 g/mol. The Hall–Kier alpha value is -6.70. The molecule has 4 N–H and O–H groups in total. The van der Waals surface area contributed by atoms with E-state index in [0.29, 0.717) is 24.0 Å². The first-order valence-corrected chi connectivity index (χ1v) is 21.1. The van der Waals surface area contributed by atoms with Crippen LogP contribution in [0.1, 0.15) is 70.7 Å². The molecule has 326 valence electrons. The number of hydrogen-bond donors (Lipinski definition) is 4. The molecule has 1 aliphatic rings. The maximum atomic E-state index is 14.0. The summed E-state index contributed by atoms with van der Waals surface area (Å²) in [4.78, 5) is 72.2. The summed E-state index contributed by atoms with van der Waals surface area (Å²) in [6, 6.07) is 24.0. The van der Waals surface area contributed by atoms with Crippen molar-refractivity contribution in [2.24, 2.45) is 17.8 Å². The number of methoxy groups -OCH3 is 2. The molecule has 14 heteroatoms. The minimum atomic E-state index is -0.802. The fourth-order valence-corrected chi connectivity index (χ4v) is 7.19. The van der Waals surface area contributed by atoms with Crippen molar-refractivity contribution in [3.63, 3.8) is 0 Å². The minimum absolute atomic E-state index is 0.0222. The molecule has 4 amide bonds. The molecule has 2 heterocycles. The van der Waals surface area contributed by atoms with Crippen LogP contribution in [-0.2, 0) is 36.9 Å². The highest BCUT2D eigenvalue weighted by molar-refractivity contribution is 5.90. The molecule has 0 aliphatic heterocycles. The van der Waals surface area contributed by atoms with Gasteiger partial charge in [-0.2, -0.15) is 0 Å². The first-order chi connectivity index (χ1) is 29.8. The number of carbonyl (C=O) groups excluding carboxylic acids is 4. The molecule has 1 saturated carbocycles. The van der Waals surface area contributed by atoms with Gasteiger partial charge in [0.2, 0.25) is 17.7 Å². The molecular weight excluding hydrogens is 785 g/mol. The van der Waals surface area contributed by atoms with E-state index in [1.54, 1.807) is 29.3 Å². The lowest BCUT2D eigenvalue weighted by atomic mass is 10.0. The third-order valence-corrected chi connectivity index (χ3v) is 11.2. The molecule has 1 aliphatic carbocycles. The maximum Gasteiger partial charge on any atom is 0.407 e. The molecule has 1 fully saturated rings. The summed E-state index contributed by atoms with van der Waals surface area (Å²) in [6.07, 6.45) is 4.55. The zero-order valence-electron chi connectivity index (χ0n) is 36.6. The lowest BCUT2D eigenvalue weighted by Gasteiger charge is -2.31. The molecule has 5 aromatic rings. The quantitative estimate of drug-likeness (QED) is 0.0614. The summed E-state index contributed by atoms with van der Waals surface area (Å²) in [6.45, 7) is 14.3. The van der Waals surface area contributed by atoms with Crippen molar-refractivity contribution < 1.29 is 28.7 Å². The second-order valence-electron chi connectivity index (χ2n) is 16.5. The van der Waals surface area contributed by atoms with E-state index in [9.17, 15) is 19.2 Å². The molecular formula is C48H58N8O6. The van der Waals surface area contributed by atoms with Gasteiger partial charge in [0.1, 0.15) is 23.7 Å². The zero-order chi connectivity index (χ0) is 44.5. The van der Waals surface area contributed by atoms with Gasteiger partial charge in [-0.1, -0.05) is 106 Å². The minimum Gasteiger partial charge on any atom is -0.501 e. The Morgan fingerprint density at radius 2 is 1.26 bits per heavy atom. The summed E-state index contributed by atoms with van der Waals surface area (Å²) < 4.78 is 10.1. The molecule has 3 atom stereocenters. The molecule has 3 unspecified atom stereocenters. The van der Waals surface area contributed by atoms with Crippen LogP contribution in [0, 0.1) is 17.8 Å². The fraction of sp³-hybridized carbons (Fsp3) is 0.375. The van der Waals surface area contributed by atoms with E-state index < -0.39 is 18.2 Å². The predicted molar refractivity (Wildman–Crippen MR) is 238 cm³/mol. The standard InChI is InChI=1S/C48H58N8O6/c1-29(2)43(54-48(60)62-8)46(58)55(26-31(5)32(6)61-7)27-41-49-24-39(51-41)35-18-14-33(15-19-35)34-16-20-36(21-17-34)40-25-50-42(52-40)28-56(30(3)4)47(59)44(37-12-10-9-11-13-37)53-45(57)38-22-23-38/h9-21,24-25,29-31,38,43-44H,6,22-23,26-28H2,1-5,7-8H3,(H,49,51)(H,50,52)(H,53,57)(H,54,60). The number of aromatic amines is 2. The van der Waals surface area contributed by atoms with Gasteiger partial charge in [0.05, 0.1) is 56.8 Å². The Kier molecular flexibility index (Phi) is 14.6. The normalized spacial score (nSPS) is 13.8. The molecule has 2 aromatic heterocycles. The van der Waals surface area contributed by atoms with Crippen LogP contribution in [0.2, 0.25) is 0 Å². The number of nitrogens with one attached hydrogen (secondary N) is 4. The van der Waals surface area contributed by atoms with Crippen molar-refractivity contribution in [1.29, 1.82) is 0 Å². The smallest absolute Gasteiger partial charge is 0.407 e. The number of carbonyl (C=O) groups is 4. The number of amides is 4. The number of imidazole rings is 2. The maximum absolute atomic E-state index is 14.0. The van der Waals surface area contributed by atoms with Crippen molar-refractivity contribution in [2.45, 2.75) is 78.7 Å². The third-order valence-electron chi connectivity index (χ3n) is 11.2. The van der Waals surface area contributed by atoms with Crippen molar-refractivity contribution in [1.82, 2.24) is 40.4 Å². The highest BCUT2D eigenvalue weighted by Crippen LogP contribution is 2.31. The van der Waals surface area contributed by atoms with Gasteiger partial charge in [-0.3, -0.25) is 14.4 Å². The van der Waals surface area contributed by atoms with Gasteiger partial charge in [0.25, 0.3) is 0 Å². The second-order valence-corrected chi connectivity index (χ2v) is 16.5. The largest absolute Gasteiger partial charge is 0.501 e. The number of hydrogen-bond acceptors (Lipinski definition) is 8. The van der Waals surface area contributed by atoms with E-state index in [4.69, 9.17) is 9.47 Å².